The first-order valence-electron chi connectivity index (χ1n) is 6.92. The zero-order valence-corrected chi connectivity index (χ0v) is 12.0. The zero-order valence-electron chi connectivity index (χ0n) is 12.0. The van der Waals surface area contributed by atoms with Crippen molar-refractivity contribution in [3.63, 3.8) is 0 Å². The molecule has 0 aliphatic carbocycles. The number of nitrogens with one attached hydrogen (secondary N) is 1. The second-order valence-corrected chi connectivity index (χ2v) is 4.57. The summed E-state index contributed by atoms with van der Waals surface area (Å²) in [6, 6.07) is 10.5. The zero-order chi connectivity index (χ0) is 14.2. The van der Waals surface area contributed by atoms with Crippen LogP contribution in [0.15, 0.2) is 34.9 Å². The SMILES string of the molecule is CCNC(Cc1nc(CCOC)no1)c1ccccc1. The van der Waals surface area contributed by atoms with Crippen molar-refractivity contribution in [1.82, 2.24) is 15.5 Å². The molecular weight excluding hydrogens is 254 g/mol. The summed E-state index contributed by atoms with van der Waals surface area (Å²) in [6.45, 7) is 3.59. The molecule has 2 rings (SSSR count). The van der Waals surface area contributed by atoms with Crippen LogP contribution in [0, 0.1) is 0 Å². The molecule has 1 atom stereocenters. The van der Waals surface area contributed by atoms with Crippen LogP contribution in [0.2, 0.25) is 0 Å². The molecule has 0 saturated carbocycles. The second-order valence-electron chi connectivity index (χ2n) is 4.57. The largest absolute Gasteiger partial charge is 0.384 e. The Labute approximate surface area is 119 Å². The lowest BCUT2D eigenvalue weighted by atomic mass is 10.0. The molecule has 5 nitrogen and oxygen atoms in total. The molecule has 1 unspecified atom stereocenters. The summed E-state index contributed by atoms with van der Waals surface area (Å²) in [4.78, 5) is 4.40. The molecule has 1 N–H and O–H groups in total. The van der Waals surface area contributed by atoms with Crippen LogP contribution in [0.25, 0.3) is 0 Å². The molecule has 0 amide bonds. The molecule has 1 aromatic heterocycles. The van der Waals surface area contributed by atoms with Gasteiger partial charge in [0.2, 0.25) is 5.89 Å². The van der Waals surface area contributed by atoms with E-state index in [2.05, 4.69) is 34.5 Å². The Kier molecular flexibility index (Phi) is 5.70. The molecule has 0 fully saturated rings. The minimum atomic E-state index is 0.192. The summed E-state index contributed by atoms with van der Waals surface area (Å²) in [6.07, 6.45) is 1.37. The summed E-state index contributed by atoms with van der Waals surface area (Å²) in [5.41, 5.74) is 1.23. The summed E-state index contributed by atoms with van der Waals surface area (Å²) in [5.74, 6) is 1.36. The molecule has 0 aliphatic rings. The van der Waals surface area contributed by atoms with Gasteiger partial charge in [-0.2, -0.15) is 4.98 Å². The van der Waals surface area contributed by atoms with E-state index in [1.165, 1.54) is 5.56 Å². The molecule has 1 aromatic carbocycles. The van der Waals surface area contributed by atoms with Gasteiger partial charge in [-0.3, -0.25) is 0 Å². The predicted octanol–water partition coefficient (Wildman–Crippen LogP) is 2.15. The lowest BCUT2D eigenvalue weighted by Crippen LogP contribution is -2.23. The fourth-order valence-electron chi connectivity index (χ4n) is 2.08. The maximum atomic E-state index is 5.30. The standard InChI is InChI=1S/C15H21N3O2/c1-3-16-13(12-7-5-4-6-8-12)11-15-17-14(18-20-15)9-10-19-2/h4-8,13,16H,3,9-11H2,1-2H3. The number of nitrogens with zero attached hydrogens (tertiary/aromatic N) is 2. The number of methoxy groups -OCH3 is 1. The lowest BCUT2D eigenvalue weighted by Gasteiger charge is -2.16. The van der Waals surface area contributed by atoms with Crippen LogP contribution < -0.4 is 5.32 Å². The third-order valence-electron chi connectivity index (χ3n) is 3.07. The number of benzene rings is 1. The average molecular weight is 275 g/mol. The van der Waals surface area contributed by atoms with E-state index in [0.717, 1.165) is 6.54 Å². The van der Waals surface area contributed by atoms with E-state index in [-0.39, 0.29) is 6.04 Å². The third-order valence-corrected chi connectivity index (χ3v) is 3.07. The number of rotatable bonds is 8. The van der Waals surface area contributed by atoms with Crippen molar-refractivity contribution in [2.45, 2.75) is 25.8 Å². The van der Waals surface area contributed by atoms with Crippen LogP contribution in [0.3, 0.4) is 0 Å². The third kappa shape index (κ3) is 4.15. The van der Waals surface area contributed by atoms with Gasteiger partial charge in [0.15, 0.2) is 5.82 Å². The van der Waals surface area contributed by atoms with E-state index in [4.69, 9.17) is 9.26 Å². The van der Waals surface area contributed by atoms with Crippen molar-refractivity contribution in [2.24, 2.45) is 0 Å². The van der Waals surface area contributed by atoms with E-state index in [1.54, 1.807) is 7.11 Å². The number of hydrogen-bond acceptors (Lipinski definition) is 5. The number of aromatic nitrogens is 2. The van der Waals surface area contributed by atoms with Crippen LogP contribution in [0.1, 0.15) is 30.2 Å². The van der Waals surface area contributed by atoms with Crippen molar-refractivity contribution in [1.29, 1.82) is 0 Å². The van der Waals surface area contributed by atoms with Crippen LogP contribution in [-0.4, -0.2) is 30.4 Å². The predicted molar refractivity (Wildman–Crippen MR) is 76.4 cm³/mol. The highest BCUT2D eigenvalue weighted by Gasteiger charge is 2.15. The fraction of sp³-hybridized carbons (Fsp3) is 0.467. The Morgan fingerprint density at radius 3 is 2.80 bits per heavy atom. The molecule has 108 valence electrons. The topological polar surface area (TPSA) is 60.2 Å². The monoisotopic (exact) mass is 275 g/mol. The molecule has 1 heterocycles. The quantitative estimate of drug-likeness (QED) is 0.800. The molecule has 0 saturated heterocycles. The van der Waals surface area contributed by atoms with Crippen LogP contribution in [-0.2, 0) is 17.6 Å². The summed E-state index contributed by atoms with van der Waals surface area (Å²) in [5, 5.41) is 7.41. The first-order chi connectivity index (χ1) is 9.83. The van der Waals surface area contributed by atoms with Gasteiger partial charge in [0.05, 0.1) is 6.61 Å². The van der Waals surface area contributed by atoms with Gasteiger partial charge in [-0.25, -0.2) is 0 Å². The normalized spacial score (nSPS) is 12.5. The Morgan fingerprint density at radius 1 is 1.30 bits per heavy atom. The highest BCUT2D eigenvalue weighted by Crippen LogP contribution is 2.17. The van der Waals surface area contributed by atoms with Gasteiger partial charge in [-0.15, -0.1) is 0 Å². The molecule has 0 aliphatic heterocycles. The van der Waals surface area contributed by atoms with E-state index in [9.17, 15) is 0 Å². The average Bonchev–Trinajstić information content (AvgIpc) is 2.93. The Balaban J connectivity index is 2.02. The van der Waals surface area contributed by atoms with Crippen molar-refractivity contribution in [2.75, 3.05) is 20.3 Å². The first-order valence-corrected chi connectivity index (χ1v) is 6.92. The fourth-order valence-corrected chi connectivity index (χ4v) is 2.08. The van der Waals surface area contributed by atoms with Crippen molar-refractivity contribution in [3.8, 4) is 0 Å². The minimum absolute atomic E-state index is 0.192. The van der Waals surface area contributed by atoms with Crippen molar-refractivity contribution < 1.29 is 9.26 Å². The van der Waals surface area contributed by atoms with Gasteiger partial charge >= 0.3 is 0 Å². The number of likely N-dealkylation sites (N-methyl/N-ethyl adjacent to an activating group) is 1. The molecule has 0 radical (unpaired) electrons. The Morgan fingerprint density at radius 2 is 2.10 bits per heavy atom. The van der Waals surface area contributed by atoms with Gasteiger partial charge in [-0.05, 0) is 12.1 Å². The molecule has 20 heavy (non-hydrogen) atoms. The first kappa shape index (κ1) is 14.7. The number of hydrogen-bond donors (Lipinski definition) is 1. The molecule has 2 aromatic rings. The van der Waals surface area contributed by atoms with Gasteiger partial charge in [0, 0.05) is 26.0 Å². The lowest BCUT2D eigenvalue weighted by molar-refractivity contribution is 0.199. The van der Waals surface area contributed by atoms with Crippen molar-refractivity contribution >= 4 is 0 Å². The smallest absolute Gasteiger partial charge is 0.228 e. The molecule has 0 bridgehead atoms. The van der Waals surface area contributed by atoms with Crippen LogP contribution in [0.4, 0.5) is 0 Å². The van der Waals surface area contributed by atoms with E-state index in [1.807, 2.05) is 18.2 Å². The van der Waals surface area contributed by atoms with Gasteiger partial charge in [0.1, 0.15) is 0 Å². The minimum Gasteiger partial charge on any atom is -0.384 e. The van der Waals surface area contributed by atoms with Gasteiger partial charge < -0.3 is 14.6 Å². The van der Waals surface area contributed by atoms with Crippen LogP contribution in [0.5, 0.6) is 0 Å². The molecule has 5 heteroatoms. The van der Waals surface area contributed by atoms with Gasteiger partial charge in [-0.1, -0.05) is 42.4 Å². The maximum absolute atomic E-state index is 5.30. The van der Waals surface area contributed by atoms with E-state index < -0.39 is 0 Å². The Bertz CT molecular complexity index is 499. The van der Waals surface area contributed by atoms with E-state index >= 15 is 0 Å². The Hall–Kier alpha value is -1.72. The summed E-state index contributed by atoms with van der Waals surface area (Å²) in [7, 11) is 1.66. The highest BCUT2D eigenvalue weighted by molar-refractivity contribution is 5.19. The molecule has 0 spiro atoms. The summed E-state index contributed by atoms with van der Waals surface area (Å²) >= 11 is 0. The number of ether oxygens (including phenoxy) is 1. The van der Waals surface area contributed by atoms with Gasteiger partial charge in [0.25, 0.3) is 0 Å². The molecular formula is C15H21N3O2. The highest BCUT2D eigenvalue weighted by atomic mass is 16.5. The maximum Gasteiger partial charge on any atom is 0.228 e. The van der Waals surface area contributed by atoms with Crippen molar-refractivity contribution in [3.05, 3.63) is 47.6 Å². The van der Waals surface area contributed by atoms with Crippen LogP contribution >= 0.6 is 0 Å². The van der Waals surface area contributed by atoms with E-state index in [0.29, 0.717) is 31.2 Å². The second kappa shape index (κ2) is 7.77. The summed E-state index contributed by atoms with van der Waals surface area (Å²) < 4.78 is 10.3.